The van der Waals surface area contributed by atoms with Crippen LogP contribution < -0.4 is 4.74 Å². The van der Waals surface area contributed by atoms with Crippen LogP contribution in [0.3, 0.4) is 0 Å². The van der Waals surface area contributed by atoms with E-state index in [1.807, 2.05) is 19.1 Å². The van der Waals surface area contributed by atoms with Crippen molar-refractivity contribution in [1.82, 2.24) is 4.90 Å². The molecular formula is C14H20ClNO2. The van der Waals surface area contributed by atoms with E-state index in [0.717, 1.165) is 17.7 Å². The van der Waals surface area contributed by atoms with Gasteiger partial charge in [-0.15, -0.1) is 11.6 Å². The molecule has 0 bridgehead atoms. The molecule has 0 saturated heterocycles. The largest absolute Gasteiger partial charge is 0.493 e. The van der Waals surface area contributed by atoms with E-state index in [-0.39, 0.29) is 11.8 Å². The second kappa shape index (κ2) is 7.27. The molecule has 3 nitrogen and oxygen atoms in total. The van der Waals surface area contributed by atoms with E-state index >= 15 is 0 Å². The highest BCUT2D eigenvalue weighted by atomic mass is 35.5. The van der Waals surface area contributed by atoms with Crippen molar-refractivity contribution in [2.75, 3.05) is 26.1 Å². The lowest BCUT2D eigenvalue weighted by Crippen LogP contribution is -2.29. The molecule has 0 aromatic heterocycles. The molecule has 18 heavy (non-hydrogen) atoms. The molecule has 0 unspecified atom stereocenters. The molecule has 0 aliphatic heterocycles. The maximum atomic E-state index is 11.2. The van der Waals surface area contributed by atoms with Crippen LogP contribution in [-0.4, -0.2) is 36.9 Å². The molecule has 1 aromatic rings. The van der Waals surface area contributed by atoms with E-state index in [4.69, 9.17) is 16.3 Å². The van der Waals surface area contributed by atoms with Crippen molar-refractivity contribution in [2.45, 2.75) is 20.3 Å². The number of benzene rings is 1. The first-order valence-electron chi connectivity index (χ1n) is 6.04. The molecule has 0 aliphatic rings. The molecule has 4 heteroatoms. The Labute approximate surface area is 114 Å². The molecule has 1 rings (SSSR count). The predicted molar refractivity (Wildman–Crippen MR) is 74.4 cm³/mol. The smallest absolute Gasteiger partial charge is 0.237 e. The summed E-state index contributed by atoms with van der Waals surface area (Å²) in [5, 5.41) is 0. The fourth-order valence-electron chi connectivity index (χ4n) is 1.67. The fourth-order valence-corrected chi connectivity index (χ4v) is 1.88. The van der Waals surface area contributed by atoms with Crippen LogP contribution in [0, 0.1) is 13.8 Å². The highest BCUT2D eigenvalue weighted by Gasteiger charge is 2.06. The second-order valence-electron chi connectivity index (χ2n) is 4.42. The monoisotopic (exact) mass is 269 g/mol. The van der Waals surface area contributed by atoms with Crippen molar-refractivity contribution in [3.05, 3.63) is 29.3 Å². The zero-order valence-corrected chi connectivity index (χ0v) is 12.0. The van der Waals surface area contributed by atoms with Gasteiger partial charge in [0.2, 0.25) is 5.91 Å². The number of ether oxygens (including phenoxy) is 1. The van der Waals surface area contributed by atoms with Crippen LogP contribution in [0.5, 0.6) is 5.75 Å². The molecule has 0 saturated carbocycles. The third kappa shape index (κ3) is 4.57. The number of carbonyl (C=O) groups excluding carboxylic acids is 1. The van der Waals surface area contributed by atoms with Gasteiger partial charge in [0.15, 0.2) is 0 Å². The van der Waals surface area contributed by atoms with Gasteiger partial charge in [-0.05, 0) is 31.9 Å². The van der Waals surface area contributed by atoms with Crippen LogP contribution in [0.15, 0.2) is 18.2 Å². The lowest BCUT2D eigenvalue weighted by atomic mass is 10.1. The molecule has 0 aliphatic carbocycles. The number of amides is 1. The lowest BCUT2D eigenvalue weighted by Gasteiger charge is -2.16. The van der Waals surface area contributed by atoms with Gasteiger partial charge < -0.3 is 9.64 Å². The molecule has 0 N–H and O–H groups in total. The average Bonchev–Trinajstić information content (AvgIpc) is 2.35. The van der Waals surface area contributed by atoms with Crippen LogP contribution in [0.4, 0.5) is 0 Å². The summed E-state index contributed by atoms with van der Waals surface area (Å²) in [6.45, 7) is 5.36. The summed E-state index contributed by atoms with van der Waals surface area (Å²) in [7, 11) is 1.75. The minimum Gasteiger partial charge on any atom is -0.493 e. The van der Waals surface area contributed by atoms with E-state index in [0.29, 0.717) is 13.2 Å². The van der Waals surface area contributed by atoms with E-state index in [2.05, 4.69) is 13.0 Å². The molecule has 1 aromatic carbocycles. The summed E-state index contributed by atoms with van der Waals surface area (Å²) < 4.78 is 5.68. The van der Waals surface area contributed by atoms with Crippen LogP contribution in [0.25, 0.3) is 0 Å². The first-order chi connectivity index (χ1) is 8.54. The van der Waals surface area contributed by atoms with Crippen molar-refractivity contribution >= 4 is 17.5 Å². The molecule has 0 spiro atoms. The Morgan fingerprint density at radius 2 is 2.11 bits per heavy atom. The van der Waals surface area contributed by atoms with Gasteiger partial charge in [-0.25, -0.2) is 0 Å². The number of aryl methyl sites for hydroxylation is 2. The number of nitrogens with zero attached hydrogens (tertiary/aromatic N) is 1. The maximum Gasteiger partial charge on any atom is 0.237 e. The molecule has 100 valence electrons. The normalized spacial score (nSPS) is 10.2. The molecule has 0 radical (unpaired) electrons. The number of hydrogen-bond donors (Lipinski definition) is 0. The van der Waals surface area contributed by atoms with Crippen LogP contribution in [0.2, 0.25) is 0 Å². The van der Waals surface area contributed by atoms with Crippen LogP contribution >= 0.6 is 11.6 Å². The Hall–Kier alpha value is -1.22. The van der Waals surface area contributed by atoms with Gasteiger partial charge in [0.25, 0.3) is 0 Å². The predicted octanol–water partition coefficient (Wildman–Crippen LogP) is 2.77. The van der Waals surface area contributed by atoms with Gasteiger partial charge >= 0.3 is 0 Å². The summed E-state index contributed by atoms with van der Waals surface area (Å²) >= 11 is 5.47. The standard InChI is InChI=1S/C14H20ClNO2/c1-11-5-6-13(12(2)9-11)18-8-4-7-16(3)14(17)10-15/h5-6,9H,4,7-8,10H2,1-3H3. The Morgan fingerprint density at radius 3 is 2.72 bits per heavy atom. The van der Waals surface area contributed by atoms with Gasteiger partial charge in [-0.3, -0.25) is 4.79 Å². The van der Waals surface area contributed by atoms with Crippen LogP contribution in [0.1, 0.15) is 17.5 Å². The molecule has 1 amide bonds. The van der Waals surface area contributed by atoms with Gasteiger partial charge in [0, 0.05) is 13.6 Å². The zero-order valence-electron chi connectivity index (χ0n) is 11.2. The van der Waals surface area contributed by atoms with Crippen LogP contribution in [-0.2, 0) is 4.79 Å². The zero-order chi connectivity index (χ0) is 13.5. The Bertz CT molecular complexity index is 407. The van der Waals surface area contributed by atoms with Crippen molar-refractivity contribution in [2.24, 2.45) is 0 Å². The minimum absolute atomic E-state index is 0.0361. The number of carbonyl (C=O) groups is 1. The van der Waals surface area contributed by atoms with Crippen molar-refractivity contribution < 1.29 is 9.53 Å². The molecule has 0 atom stereocenters. The van der Waals surface area contributed by atoms with E-state index in [1.165, 1.54) is 5.56 Å². The van der Waals surface area contributed by atoms with E-state index in [9.17, 15) is 4.79 Å². The van der Waals surface area contributed by atoms with Crippen molar-refractivity contribution in [3.63, 3.8) is 0 Å². The first kappa shape index (κ1) is 14.8. The maximum absolute atomic E-state index is 11.2. The van der Waals surface area contributed by atoms with E-state index < -0.39 is 0 Å². The topological polar surface area (TPSA) is 29.5 Å². The van der Waals surface area contributed by atoms with E-state index in [1.54, 1.807) is 11.9 Å². The summed E-state index contributed by atoms with van der Waals surface area (Å²) in [4.78, 5) is 12.8. The van der Waals surface area contributed by atoms with Gasteiger partial charge in [-0.1, -0.05) is 17.7 Å². The molecular weight excluding hydrogens is 250 g/mol. The molecule has 0 heterocycles. The molecule has 0 fully saturated rings. The SMILES string of the molecule is Cc1ccc(OCCCN(C)C(=O)CCl)c(C)c1. The second-order valence-corrected chi connectivity index (χ2v) is 4.69. The first-order valence-corrected chi connectivity index (χ1v) is 6.58. The Balaban J connectivity index is 2.32. The van der Waals surface area contributed by atoms with Crippen molar-refractivity contribution in [1.29, 1.82) is 0 Å². The minimum atomic E-state index is -0.0526. The van der Waals surface area contributed by atoms with Gasteiger partial charge in [0.1, 0.15) is 11.6 Å². The number of alkyl halides is 1. The highest BCUT2D eigenvalue weighted by Crippen LogP contribution is 2.18. The Morgan fingerprint density at radius 1 is 1.39 bits per heavy atom. The number of halogens is 1. The summed E-state index contributed by atoms with van der Waals surface area (Å²) in [6, 6.07) is 6.11. The quantitative estimate of drug-likeness (QED) is 0.587. The lowest BCUT2D eigenvalue weighted by molar-refractivity contribution is -0.127. The highest BCUT2D eigenvalue weighted by molar-refractivity contribution is 6.27. The summed E-state index contributed by atoms with van der Waals surface area (Å²) in [5.41, 5.74) is 2.37. The summed E-state index contributed by atoms with van der Waals surface area (Å²) in [5.74, 6) is 0.893. The number of rotatable bonds is 6. The summed E-state index contributed by atoms with van der Waals surface area (Å²) in [6.07, 6.45) is 0.798. The third-order valence-corrected chi connectivity index (χ3v) is 2.99. The number of hydrogen-bond acceptors (Lipinski definition) is 2. The average molecular weight is 270 g/mol. The third-order valence-electron chi connectivity index (χ3n) is 2.77. The van der Waals surface area contributed by atoms with Gasteiger partial charge in [0.05, 0.1) is 6.61 Å². The van der Waals surface area contributed by atoms with Crippen molar-refractivity contribution in [3.8, 4) is 5.75 Å². The Kier molecular flexibility index (Phi) is 5.99. The fraction of sp³-hybridized carbons (Fsp3) is 0.500. The van der Waals surface area contributed by atoms with Gasteiger partial charge in [-0.2, -0.15) is 0 Å².